The maximum atomic E-state index is 5.06. The average molecular weight is 387 g/mol. The van der Waals surface area contributed by atoms with Gasteiger partial charge in [0.2, 0.25) is 0 Å². The van der Waals surface area contributed by atoms with Crippen LogP contribution in [0.2, 0.25) is 0 Å². The number of hydrogen-bond donors (Lipinski definition) is 0. The molecule has 4 nitrogen and oxygen atoms in total. The van der Waals surface area contributed by atoms with Gasteiger partial charge in [-0.1, -0.05) is 43.2 Å². The van der Waals surface area contributed by atoms with Crippen molar-refractivity contribution in [1.29, 1.82) is 0 Å². The van der Waals surface area contributed by atoms with Crippen molar-refractivity contribution in [3.05, 3.63) is 59.4 Å². The van der Waals surface area contributed by atoms with Gasteiger partial charge in [0.15, 0.2) is 0 Å². The van der Waals surface area contributed by atoms with Crippen LogP contribution < -0.4 is 0 Å². The number of imidazole rings is 1. The van der Waals surface area contributed by atoms with Crippen LogP contribution in [0.25, 0.3) is 16.9 Å². The van der Waals surface area contributed by atoms with Gasteiger partial charge in [-0.2, -0.15) is 0 Å². The summed E-state index contributed by atoms with van der Waals surface area (Å²) in [7, 11) is 0. The Morgan fingerprint density at radius 1 is 1.07 bits per heavy atom. The van der Waals surface area contributed by atoms with Crippen LogP contribution in [0.4, 0.5) is 0 Å². The molecule has 0 unspecified atom stereocenters. The molecule has 1 aliphatic rings. The maximum absolute atomic E-state index is 5.06. The van der Waals surface area contributed by atoms with Crippen molar-refractivity contribution in [2.75, 3.05) is 0 Å². The molecule has 1 aliphatic heterocycles. The van der Waals surface area contributed by atoms with Gasteiger partial charge in [-0.05, 0) is 64.7 Å². The lowest BCUT2D eigenvalue weighted by Crippen LogP contribution is -2.17. The monoisotopic (exact) mass is 386 g/mol. The summed E-state index contributed by atoms with van der Waals surface area (Å²) in [5, 5.41) is 0. The Kier molecular flexibility index (Phi) is 5.12. The minimum atomic E-state index is -0.0891. The molecule has 0 saturated carbocycles. The largest absolute Gasteiger partial charge is 0.298 e. The fourth-order valence-electron chi connectivity index (χ4n) is 4.09. The molecule has 0 aliphatic carbocycles. The molecule has 0 radical (unpaired) electrons. The van der Waals surface area contributed by atoms with Crippen LogP contribution in [0.5, 0.6) is 0 Å². The molecular formula is C25H30N4. The summed E-state index contributed by atoms with van der Waals surface area (Å²) in [6, 6.07) is 13.0. The Hall–Kier alpha value is -2.75. The van der Waals surface area contributed by atoms with Crippen LogP contribution in [0, 0.1) is 6.92 Å². The van der Waals surface area contributed by atoms with Gasteiger partial charge in [0.1, 0.15) is 11.5 Å². The number of nitrogens with zero attached hydrogens (tertiary/aromatic N) is 4. The molecule has 0 fully saturated rings. The predicted molar refractivity (Wildman–Crippen MR) is 122 cm³/mol. The van der Waals surface area contributed by atoms with Gasteiger partial charge in [-0.15, -0.1) is 0 Å². The minimum Gasteiger partial charge on any atom is -0.298 e. The molecule has 29 heavy (non-hydrogen) atoms. The first-order valence-electron chi connectivity index (χ1n) is 10.6. The molecule has 0 saturated heterocycles. The summed E-state index contributed by atoms with van der Waals surface area (Å²) in [5.74, 6) is 0.843. The summed E-state index contributed by atoms with van der Waals surface area (Å²) in [5.41, 5.74) is 7.78. The third-order valence-electron chi connectivity index (χ3n) is 5.56. The van der Waals surface area contributed by atoms with Crippen molar-refractivity contribution in [3.63, 3.8) is 0 Å². The number of fused-ring (bicyclic) bond motifs is 1. The third kappa shape index (κ3) is 4.02. The van der Waals surface area contributed by atoms with E-state index in [9.17, 15) is 0 Å². The third-order valence-corrected chi connectivity index (χ3v) is 5.56. The van der Waals surface area contributed by atoms with E-state index in [2.05, 4.69) is 74.7 Å². The van der Waals surface area contributed by atoms with Gasteiger partial charge < -0.3 is 0 Å². The number of rotatable bonds is 4. The highest BCUT2D eigenvalue weighted by atomic mass is 15.1. The molecule has 0 bridgehead atoms. The highest BCUT2D eigenvalue weighted by molar-refractivity contribution is 6.10. The van der Waals surface area contributed by atoms with Crippen molar-refractivity contribution >= 4 is 17.2 Å². The molecule has 3 heterocycles. The number of aromatic nitrogens is 2. The van der Waals surface area contributed by atoms with Crippen molar-refractivity contribution in [2.24, 2.45) is 9.98 Å². The highest BCUT2D eigenvalue weighted by Crippen LogP contribution is 2.30. The summed E-state index contributed by atoms with van der Waals surface area (Å²) >= 11 is 0. The van der Waals surface area contributed by atoms with E-state index < -0.39 is 0 Å². The van der Waals surface area contributed by atoms with Gasteiger partial charge in [0.25, 0.3) is 0 Å². The summed E-state index contributed by atoms with van der Waals surface area (Å²) in [6.45, 7) is 10.7. The topological polar surface area (TPSA) is 42.0 Å². The Morgan fingerprint density at radius 3 is 2.55 bits per heavy atom. The Labute approximate surface area is 173 Å². The molecule has 4 rings (SSSR count). The Morgan fingerprint density at radius 2 is 1.83 bits per heavy atom. The molecule has 1 aromatic carbocycles. The fraction of sp³-hybridized carbons (Fsp3) is 0.400. The second kappa shape index (κ2) is 7.58. The normalized spacial score (nSPS) is 16.4. The second-order valence-electron chi connectivity index (χ2n) is 8.72. The quantitative estimate of drug-likeness (QED) is 0.539. The first kappa shape index (κ1) is 19.6. The second-order valence-corrected chi connectivity index (χ2v) is 8.72. The van der Waals surface area contributed by atoms with Crippen LogP contribution in [0.1, 0.15) is 63.8 Å². The van der Waals surface area contributed by atoms with Crippen LogP contribution in [-0.2, 0) is 6.42 Å². The van der Waals surface area contributed by atoms with Gasteiger partial charge in [-0.3, -0.25) is 9.39 Å². The molecule has 2 aromatic heterocycles. The Bertz CT molecular complexity index is 1100. The van der Waals surface area contributed by atoms with E-state index in [0.717, 1.165) is 59.8 Å². The number of benzene rings is 1. The standard InChI is InChI=1S/C25H30N4/c1-6-7-19-13-15-29-22(16-19)27-23(20-10-8-17(2)9-11-20)24(29)21-12-14-25(4,5)28-18(3)26-21/h8-11,13,15-16H,6-7,12,14H2,1-5H3. The van der Waals surface area contributed by atoms with Crippen molar-refractivity contribution in [2.45, 2.75) is 65.8 Å². The number of amidine groups is 1. The molecule has 0 amide bonds. The summed E-state index contributed by atoms with van der Waals surface area (Å²) in [4.78, 5) is 14.8. The zero-order chi connectivity index (χ0) is 20.6. The lowest BCUT2D eigenvalue weighted by Gasteiger charge is -2.17. The lowest BCUT2D eigenvalue weighted by molar-refractivity contribution is 0.493. The van der Waals surface area contributed by atoms with E-state index >= 15 is 0 Å². The van der Waals surface area contributed by atoms with Gasteiger partial charge >= 0.3 is 0 Å². The number of pyridine rings is 1. The van der Waals surface area contributed by atoms with Gasteiger partial charge in [-0.25, -0.2) is 9.98 Å². The highest BCUT2D eigenvalue weighted by Gasteiger charge is 2.25. The fourth-order valence-corrected chi connectivity index (χ4v) is 4.09. The first-order chi connectivity index (χ1) is 13.9. The minimum absolute atomic E-state index is 0.0891. The van der Waals surface area contributed by atoms with Crippen LogP contribution in [0.3, 0.4) is 0 Å². The lowest BCUT2D eigenvalue weighted by atomic mass is 9.96. The van der Waals surface area contributed by atoms with Crippen LogP contribution in [0.15, 0.2) is 52.6 Å². The van der Waals surface area contributed by atoms with Crippen molar-refractivity contribution in [3.8, 4) is 11.3 Å². The zero-order valence-electron chi connectivity index (χ0n) is 18.2. The smallest absolute Gasteiger partial charge is 0.138 e. The van der Waals surface area contributed by atoms with E-state index in [-0.39, 0.29) is 5.54 Å². The average Bonchev–Trinajstić information content (AvgIpc) is 2.97. The molecular weight excluding hydrogens is 356 g/mol. The van der Waals surface area contributed by atoms with Gasteiger partial charge in [0.05, 0.1) is 22.6 Å². The van der Waals surface area contributed by atoms with Crippen molar-refractivity contribution < 1.29 is 0 Å². The zero-order valence-corrected chi connectivity index (χ0v) is 18.2. The number of aryl methyl sites for hydroxylation is 2. The maximum Gasteiger partial charge on any atom is 0.138 e. The molecule has 150 valence electrons. The van der Waals surface area contributed by atoms with Crippen LogP contribution >= 0.6 is 0 Å². The van der Waals surface area contributed by atoms with E-state index in [1.165, 1.54) is 11.1 Å². The van der Waals surface area contributed by atoms with E-state index in [4.69, 9.17) is 15.0 Å². The first-order valence-corrected chi connectivity index (χ1v) is 10.6. The molecule has 4 heteroatoms. The summed E-state index contributed by atoms with van der Waals surface area (Å²) < 4.78 is 2.21. The van der Waals surface area contributed by atoms with E-state index in [1.807, 2.05) is 6.92 Å². The number of hydrogen-bond acceptors (Lipinski definition) is 3. The SMILES string of the molecule is CCCc1ccn2c(C3=NC(C)=NC(C)(C)CC3)c(-c3ccc(C)cc3)nc2c1. The van der Waals surface area contributed by atoms with Crippen LogP contribution in [-0.4, -0.2) is 26.5 Å². The van der Waals surface area contributed by atoms with Crippen molar-refractivity contribution in [1.82, 2.24) is 9.38 Å². The van der Waals surface area contributed by atoms with E-state index in [1.54, 1.807) is 0 Å². The molecule has 3 aromatic rings. The number of aliphatic imine (C=N–C) groups is 2. The van der Waals surface area contributed by atoms with E-state index in [0.29, 0.717) is 0 Å². The molecule has 0 N–H and O–H groups in total. The predicted octanol–water partition coefficient (Wildman–Crippen LogP) is 6.04. The Balaban J connectivity index is 1.92. The van der Waals surface area contributed by atoms with Gasteiger partial charge in [0, 0.05) is 11.8 Å². The summed E-state index contributed by atoms with van der Waals surface area (Å²) in [6.07, 6.45) is 6.21. The molecule has 0 spiro atoms. The molecule has 0 atom stereocenters.